The average Bonchev–Trinajstić information content (AvgIpc) is 3.31. The summed E-state index contributed by atoms with van der Waals surface area (Å²) in [5.41, 5.74) is 0.874. The van der Waals surface area contributed by atoms with Gasteiger partial charge in [0.1, 0.15) is 17.1 Å². The van der Waals surface area contributed by atoms with Crippen LogP contribution in [0.3, 0.4) is 0 Å². The third-order valence-electron chi connectivity index (χ3n) is 6.25. The Kier molecular flexibility index (Phi) is 5.90. The van der Waals surface area contributed by atoms with E-state index >= 15 is 0 Å². The molecule has 1 aliphatic heterocycles. The molecule has 0 aromatic carbocycles. The van der Waals surface area contributed by atoms with Crippen molar-refractivity contribution in [1.29, 1.82) is 0 Å². The molecule has 3 atom stereocenters. The minimum atomic E-state index is -0.531. The Morgan fingerprint density at radius 1 is 1.23 bits per heavy atom. The number of anilines is 1. The number of aromatic nitrogens is 3. The fraction of sp³-hybridized carbons (Fsp3) is 0.619. The maximum absolute atomic E-state index is 12.6. The van der Waals surface area contributed by atoms with Crippen LogP contribution >= 0.6 is 0 Å². The standard InChI is InChI=1S/C21H29N5O4/c1-13-20(14(2)30-24-13)21(29)22-12-15-6-3-4-11-25(15)18-9-10-19(28)26(23-18)16-7-5-8-17(16)27/h9-10,15-17,27H,3-8,11-12H2,1-2H3,(H,22,29). The minimum Gasteiger partial charge on any atom is -0.391 e. The highest BCUT2D eigenvalue weighted by Crippen LogP contribution is 2.29. The summed E-state index contributed by atoms with van der Waals surface area (Å²) in [5, 5.41) is 21.7. The van der Waals surface area contributed by atoms with Crippen molar-refractivity contribution in [3.05, 3.63) is 39.5 Å². The molecule has 2 aromatic rings. The fourth-order valence-electron chi connectivity index (χ4n) is 4.63. The Labute approximate surface area is 175 Å². The lowest BCUT2D eigenvalue weighted by Crippen LogP contribution is -2.48. The van der Waals surface area contributed by atoms with E-state index in [1.165, 1.54) is 10.7 Å². The van der Waals surface area contributed by atoms with Gasteiger partial charge >= 0.3 is 0 Å². The highest BCUT2D eigenvalue weighted by Gasteiger charge is 2.30. The van der Waals surface area contributed by atoms with Crippen LogP contribution in [0, 0.1) is 13.8 Å². The molecule has 2 aromatic heterocycles. The van der Waals surface area contributed by atoms with Crippen molar-refractivity contribution in [2.45, 2.75) is 70.6 Å². The molecule has 9 heteroatoms. The third kappa shape index (κ3) is 3.98. The van der Waals surface area contributed by atoms with Crippen LogP contribution in [0.15, 0.2) is 21.5 Å². The monoisotopic (exact) mass is 415 g/mol. The molecule has 1 amide bonds. The molecule has 1 saturated heterocycles. The summed E-state index contributed by atoms with van der Waals surface area (Å²) < 4.78 is 6.54. The number of rotatable bonds is 5. The largest absolute Gasteiger partial charge is 0.391 e. The molecule has 2 aliphatic rings. The number of piperidine rings is 1. The van der Waals surface area contributed by atoms with Crippen molar-refractivity contribution in [3.63, 3.8) is 0 Å². The third-order valence-corrected chi connectivity index (χ3v) is 6.25. The molecule has 0 bridgehead atoms. The molecule has 2 fully saturated rings. The van der Waals surface area contributed by atoms with E-state index in [0.29, 0.717) is 35.8 Å². The highest BCUT2D eigenvalue weighted by molar-refractivity contribution is 5.96. The maximum atomic E-state index is 12.6. The second kappa shape index (κ2) is 8.59. The number of aliphatic hydroxyl groups is 1. The number of aliphatic hydroxyl groups excluding tert-OH is 1. The first-order chi connectivity index (χ1) is 14.5. The van der Waals surface area contributed by atoms with Crippen LogP contribution in [-0.4, -0.2) is 51.2 Å². The van der Waals surface area contributed by atoms with Crippen LogP contribution in [0.5, 0.6) is 0 Å². The van der Waals surface area contributed by atoms with E-state index in [-0.39, 0.29) is 23.6 Å². The molecule has 0 radical (unpaired) electrons. The topological polar surface area (TPSA) is 113 Å². The first-order valence-electron chi connectivity index (χ1n) is 10.7. The Morgan fingerprint density at radius 2 is 2.07 bits per heavy atom. The van der Waals surface area contributed by atoms with E-state index in [4.69, 9.17) is 4.52 Å². The van der Waals surface area contributed by atoms with E-state index < -0.39 is 6.10 Å². The Morgan fingerprint density at radius 3 is 2.77 bits per heavy atom. The normalized spacial score (nSPS) is 24.2. The highest BCUT2D eigenvalue weighted by atomic mass is 16.5. The van der Waals surface area contributed by atoms with Crippen LogP contribution in [0.1, 0.15) is 66.4 Å². The summed E-state index contributed by atoms with van der Waals surface area (Å²) in [4.78, 5) is 27.2. The zero-order valence-electron chi connectivity index (χ0n) is 17.5. The molecule has 1 saturated carbocycles. The molecular weight excluding hydrogens is 386 g/mol. The van der Waals surface area contributed by atoms with Gasteiger partial charge < -0.3 is 19.8 Å². The average molecular weight is 415 g/mol. The number of nitrogens with one attached hydrogen (secondary N) is 1. The summed E-state index contributed by atoms with van der Waals surface area (Å²) in [5.74, 6) is 1.03. The lowest BCUT2D eigenvalue weighted by Gasteiger charge is -2.37. The maximum Gasteiger partial charge on any atom is 0.267 e. The van der Waals surface area contributed by atoms with Crippen molar-refractivity contribution >= 4 is 11.7 Å². The number of carbonyl (C=O) groups excluding carboxylic acids is 1. The first-order valence-corrected chi connectivity index (χ1v) is 10.7. The number of nitrogens with zero attached hydrogens (tertiary/aromatic N) is 4. The number of carbonyl (C=O) groups is 1. The van der Waals surface area contributed by atoms with Gasteiger partial charge in [-0.25, -0.2) is 4.68 Å². The fourth-order valence-corrected chi connectivity index (χ4v) is 4.63. The van der Waals surface area contributed by atoms with Gasteiger partial charge in [-0.15, -0.1) is 0 Å². The van der Waals surface area contributed by atoms with Gasteiger partial charge in [0.25, 0.3) is 11.5 Å². The predicted molar refractivity (Wildman–Crippen MR) is 111 cm³/mol. The summed E-state index contributed by atoms with van der Waals surface area (Å²) >= 11 is 0. The van der Waals surface area contributed by atoms with Gasteiger partial charge in [0.15, 0.2) is 0 Å². The van der Waals surface area contributed by atoms with Gasteiger partial charge in [-0.05, 0) is 58.4 Å². The molecule has 1 aliphatic carbocycles. The molecule has 30 heavy (non-hydrogen) atoms. The van der Waals surface area contributed by atoms with E-state index in [1.807, 2.05) is 0 Å². The van der Waals surface area contributed by atoms with Crippen molar-refractivity contribution in [2.75, 3.05) is 18.0 Å². The Balaban J connectivity index is 1.51. The number of amides is 1. The van der Waals surface area contributed by atoms with Crippen LogP contribution in [0.4, 0.5) is 5.82 Å². The summed E-state index contributed by atoms with van der Waals surface area (Å²) in [6.07, 6.45) is 4.85. The summed E-state index contributed by atoms with van der Waals surface area (Å²) in [7, 11) is 0. The SMILES string of the molecule is Cc1noc(C)c1C(=O)NCC1CCCCN1c1ccc(=O)n(C2CCCC2O)n1. The van der Waals surface area contributed by atoms with Crippen molar-refractivity contribution < 1.29 is 14.4 Å². The Bertz CT molecular complexity index is 949. The van der Waals surface area contributed by atoms with Crippen LogP contribution < -0.4 is 15.8 Å². The zero-order chi connectivity index (χ0) is 21.3. The molecule has 162 valence electrons. The van der Waals surface area contributed by atoms with Gasteiger partial charge in [0.2, 0.25) is 0 Å². The molecule has 3 unspecified atom stereocenters. The first kappa shape index (κ1) is 20.6. The van der Waals surface area contributed by atoms with E-state index in [0.717, 1.165) is 38.6 Å². The number of aryl methyl sites for hydroxylation is 2. The van der Waals surface area contributed by atoms with Gasteiger partial charge in [0, 0.05) is 25.2 Å². The van der Waals surface area contributed by atoms with Gasteiger partial charge in [-0.2, -0.15) is 5.10 Å². The second-order valence-electron chi connectivity index (χ2n) is 8.29. The Hall–Kier alpha value is -2.68. The molecule has 2 N–H and O–H groups in total. The van der Waals surface area contributed by atoms with Crippen molar-refractivity contribution in [3.8, 4) is 0 Å². The van der Waals surface area contributed by atoms with Gasteiger partial charge in [-0.1, -0.05) is 5.16 Å². The number of hydrogen-bond donors (Lipinski definition) is 2. The molecule has 3 heterocycles. The quantitative estimate of drug-likeness (QED) is 0.764. The molecule has 0 spiro atoms. The molecular formula is C21H29N5O4. The van der Waals surface area contributed by atoms with Crippen LogP contribution in [-0.2, 0) is 0 Å². The predicted octanol–water partition coefficient (Wildman–Crippen LogP) is 1.72. The molecule has 4 rings (SSSR count). The summed E-state index contributed by atoms with van der Waals surface area (Å²) in [6, 6.07) is 3.09. The van der Waals surface area contributed by atoms with Gasteiger partial charge in [-0.3, -0.25) is 9.59 Å². The lowest BCUT2D eigenvalue weighted by molar-refractivity contribution is 0.0947. The smallest absolute Gasteiger partial charge is 0.267 e. The second-order valence-corrected chi connectivity index (χ2v) is 8.29. The lowest BCUT2D eigenvalue weighted by atomic mass is 10.0. The van der Waals surface area contributed by atoms with Gasteiger partial charge in [0.05, 0.1) is 17.8 Å². The van der Waals surface area contributed by atoms with E-state index in [1.54, 1.807) is 19.9 Å². The summed E-state index contributed by atoms with van der Waals surface area (Å²) in [6.45, 7) is 4.76. The van der Waals surface area contributed by atoms with Crippen LogP contribution in [0.25, 0.3) is 0 Å². The zero-order valence-corrected chi connectivity index (χ0v) is 17.5. The van der Waals surface area contributed by atoms with E-state index in [9.17, 15) is 14.7 Å². The van der Waals surface area contributed by atoms with Crippen LogP contribution in [0.2, 0.25) is 0 Å². The minimum absolute atomic E-state index is 0.0788. The van der Waals surface area contributed by atoms with E-state index in [2.05, 4.69) is 20.5 Å². The molecule has 9 nitrogen and oxygen atoms in total. The van der Waals surface area contributed by atoms with Crippen molar-refractivity contribution in [1.82, 2.24) is 20.3 Å². The number of hydrogen-bond acceptors (Lipinski definition) is 7. The van der Waals surface area contributed by atoms with Crippen molar-refractivity contribution in [2.24, 2.45) is 0 Å².